The maximum atomic E-state index is 15.5. The molecule has 0 aromatic heterocycles. The molecular weight excluding hydrogens is 1350 g/mol. The molecule has 11 amide bonds. The third-order valence-electron chi connectivity index (χ3n) is 21.5. The highest BCUT2D eigenvalue weighted by molar-refractivity contribution is 6.00. The summed E-state index contributed by atoms with van der Waals surface area (Å²) in [6.07, 6.45) is 0.793. The van der Waals surface area contributed by atoms with Gasteiger partial charge in [-0.2, -0.15) is 13.2 Å². The number of esters is 1. The number of nitrogens with zero attached hydrogens (tertiary/aromatic N) is 9. The van der Waals surface area contributed by atoms with Gasteiger partial charge in [-0.25, -0.2) is 4.79 Å². The van der Waals surface area contributed by atoms with Crippen LogP contribution in [-0.2, 0) is 86.0 Å². The van der Waals surface area contributed by atoms with Crippen LogP contribution >= 0.6 is 0 Å². The summed E-state index contributed by atoms with van der Waals surface area (Å²) in [4.78, 5) is 191. The molecule has 104 heavy (non-hydrogen) atoms. The number of nitrogens with one attached hydrogen (secondary N) is 2. The predicted octanol–water partition coefficient (Wildman–Crippen LogP) is 4.94. The van der Waals surface area contributed by atoms with E-state index in [4.69, 9.17) is 14.2 Å². The number of aryl methyl sites for hydroxylation is 2. The molecule has 1 spiro atoms. The Hall–Kier alpha value is -8.63. The first kappa shape index (κ1) is 82.7. The summed E-state index contributed by atoms with van der Waals surface area (Å²) in [5.74, 6) is -10.3. The normalized spacial score (nSPS) is 26.4. The fourth-order valence-corrected chi connectivity index (χ4v) is 14.7. The molecule has 2 bridgehead atoms. The van der Waals surface area contributed by atoms with E-state index in [9.17, 15) is 41.9 Å². The van der Waals surface area contributed by atoms with Gasteiger partial charge >= 0.3 is 12.1 Å². The molecule has 26 nitrogen and oxygen atoms in total. The van der Waals surface area contributed by atoms with Gasteiger partial charge in [-0.05, 0) is 113 Å². The summed E-state index contributed by atoms with van der Waals surface area (Å²) in [5.41, 5.74) is -1.08. The molecule has 0 unspecified atom stereocenters. The van der Waals surface area contributed by atoms with E-state index >= 15 is 28.8 Å². The number of fused-ring (bicyclic) bond motifs is 3. The molecule has 2 saturated heterocycles. The van der Waals surface area contributed by atoms with Crippen molar-refractivity contribution in [1.29, 1.82) is 0 Å². The third kappa shape index (κ3) is 19.6. The van der Waals surface area contributed by atoms with Crippen LogP contribution in [0.25, 0.3) is 0 Å². The summed E-state index contributed by atoms with van der Waals surface area (Å²) >= 11 is 0. The number of ether oxygens (including phenoxy) is 3. The molecule has 29 heteroatoms. The van der Waals surface area contributed by atoms with Crippen molar-refractivity contribution in [3.63, 3.8) is 0 Å². The summed E-state index contributed by atoms with van der Waals surface area (Å²) in [6, 6.07) is -0.202. The Morgan fingerprint density at radius 2 is 1.38 bits per heavy atom. The van der Waals surface area contributed by atoms with E-state index in [0.717, 1.165) is 33.4 Å². The van der Waals surface area contributed by atoms with E-state index in [0.29, 0.717) is 50.5 Å². The van der Waals surface area contributed by atoms with Gasteiger partial charge in [-0.1, -0.05) is 94.5 Å². The Balaban J connectivity index is 1.33. The van der Waals surface area contributed by atoms with Gasteiger partial charge in [-0.3, -0.25) is 52.7 Å². The van der Waals surface area contributed by atoms with E-state index in [1.807, 2.05) is 32.1 Å². The van der Waals surface area contributed by atoms with E-state index in [-0.39, 0.29) is 83.0 Å². The standard InChI is InChI=1S/C75H108F3N11O15/c1-15-24-54-65(93)80-63(47(5)16-2)70(98)83(9)45-62(92)85(11)55-27-19-18-22-38-88(69(55)97)57(39-48-30-28-46(4)29-31-48)68(96)82(8)44-60(90)79-53(35-33-49-32-34-52(75(76,77)78)59(40-49)102-14)66(94)89-43-51(103-17-3)41-58(89)72(100)104-74(36-23-37-74)73(101)87(13)64(50-25-20-21-26-50)71(99)86(12)56(67(95)81(6)7)42-61(91)84(54)10/h18-19,28-32,34,40,47,50-51,53-58,63-64H,15-17,20-27,33,35-39,41-45H2,1-14H3,(H,79,90)(H,80,93)/b19-18-/t47-,51+,53+,54-,55-,56-,57-,58-,63-,64-/m0/s1. The summed E-state index contributed by atoms with van der Waals surface area (Å²) in [5, 5.41) is 5.64. The van der Waals surface area contributed by atoms with Crippen LogP contribution in [-0.4, -0.2) is 271 Å². The summed E-state index contributed by atoms with van der Waals surface area (Å²) < 4.78 is 60.0. The van der Waals surface area contributed by atoms with Crippen molar-refractivity contribution in [1.82, 2.24) is 54.7 Å². The molecule has 2 aromatic carbocycles. The zero-order valence-electron chi connectivity index (χ0n) is 62.9. The number of methoxy groups -OCH3 is 1. The second-order valence-corrected chi connectivity index (χ2v) is 28.9. The van der Waals surface area contributed by atoms with Crippen molar-refractivity contribution < 1.29 is 84.9 Å². The highest BCUT2D eigenvalue weighted by Gasteiger charge is 2.55. The Morgan fingerprint density at radius 1 is 0.721 bits per heavy atom. The number of halogens is 3. The van der Waals surface area contributed by atoms with Crippen molar-refractivity contribution in [3.8, 4) is 5.75 Å². The first-order chi connectivity index (χ1) is 49.1. The number of carbonyl (C=O) groups is 12. The molecule has 3 aliphatic heterocycles. The lowest BCUT2D eigenvalue weighted by Gasteiger charge is -2.45. The lowest BCUT2D eigenvalue weighted by atomic mass is 9.78. The van der Waals surface area contributed by atoms with E-state index in [1.165, 1.54) is 97.9 Å². The third-order valence-corrected chi connectivity index (χ3v) is 21.5. The van der Waals surface area contributed by atoms with Crippen molar-refractivity contribution in [2.24, 2.45) is 11.8 Å². The smallest absolute Gasteiger partial charge is 0.419 e. The van der Waals surface area contributed by atoms with Crippen LogP contribution in [0, 0.1) is 18.8 Å². The fraction of sp³-hybridized carbons (Fsp3) is 0.653. The number of likely N-dealkylation sites (N-methyl/N-ethyl adjacent to an activating group) is 7. The highest BCUT2D eigenvalue weighted by Crippen LogP contribution is 2.42. The van der Waals surface area contributed by atoms with Crippen molar-refractivity contribution in [2.45, 2.75) is 210 Å². The van der Waals surface area contributed by atoms with Gasteiger partial charge in [-0.15, -0.1) is 0 Å². The van der Waals surface area contributed by atoms with Crippen LogP contribution < -0.4 is 15.4 Å². The second kappa shape index (κ2) is 36.4. The minimum absolute atomic E-state index is 0.000910. The average molecular weight is 1460 g/mol. The van der Waals surface area contributed by atoms with Gasteiger partial charge in [0.15, 0.2) is 5.60 Å². The first-order valence-electron chi connectivity index (χ1n) is 36.4. The molecule has 5 aliphatic rings. The molecule has 2 saturated carbocycles. The Kier molecular flexibility index (Phi) is 28.9. The van der Waals surface area contributed by atoms with E-state index in [1.54, 1.807) is 39.0 Å². The van der Waals surface area contributed by atoms with Crippen molar-refractivity contribution in [3.05, 3.63) is 76.9 Å². The van der Waals surface area contributed by atoms with Gasteiger partial charge in [0.25, 0.3) is 5.91 Å². The second-order valence-electron chi connectivity index (χ2n) is 28.9. The number of rotatable bonds is 14. The lowest BCUT2D eigenvalue weighted by Crippen LogP contribution is -2.63. The first-order valence-corrected chi connectivity index (χ1v) is 36.4. The van der Waals surface area contributed by atoms with Gasteiger partial charge < -0.3 is 68.9 Å². The monoisotopic (exact) mass is 1460 g/mol. The molecule has 2 N–H and O–H groups in total. The van der Waals surface area contributed by atoms with Crippen LogP contribution in [0.2, 0.25) is 0 Å². The van der Waals surface area contributed by atoms with Gasteiger partial charge in [0.1, 0.15) is 54.1 Å². The molecule has 2 aliphatic carbocycles. The quantitative estimate of drug-likeness (QED) is 0.187. The van der Waals surface area contributed by atoms with Crippen molar-refractivity contribution in [2.75, 3.05) is 96.3 Å². The Bertz CT molecular complexity index is 3470. The number of hydrogen-bond acceptors (Lipinski definition) is 15. The predicted molar refractivity (Wildman–Crippen MR) is 378 cm³/mol. The van der Waals surface area contributed by atoms with Crippen LogP contribution in [0.4, 0.5) is 13.2 Å². The highest BCUT2D eigenvalue weighted by atomic mass is 19.4. The molecule has 7 rings (SSSR count). The number of carbonyl (C=O) groups excluding carboxylic acids is 12. The number of benzene rings is 2. The number of alkyl halides is 3. The van der Waals surface area contributed by atoms with Crippen LogP contribution in [0.15, 0.2) is 54.6 Å². The molecule has 10 atom stereocenters. The maximum absolute atomic E-state index is 15.5. The maximum Gasteiger partial charge on any atom is 0.419 e. The van der Waals surface area contributed by atoms with E-state index in [2.05, 4.69) is 10.6 Å². The van der Waals surface area contributed by atoms with Gasteiger partial charge in [0.2, 0.25) is 59.1 Å². The van der Waals surface area contributed by atoms with Crippen LogP contribution in [0.1, 0.15) is 146 Å². The summed E-state index contributed by atoms with van der Waals surface area (Å²) in [7, 11) is 12.3. The topological polar surface area (TPSA) is 286 Å². The zero-order valence-corrected chi connectivity index (χ0v) is 62.9. The SMILES string of the molecule is CCC[C@H]1C(=O)N[C@@H]([C@@H](C)CC)C(=O)N(C)CC(=O)N(C)[C@H]2C/C=C\CCN(C2=O)[C@@H](Cc2ccc(C)cc2)C(=O)N(C)CC(=O)N[C@H](CCc2ccc(C(F)(F)F)c(OC)c2)C(=O)N2C[C@H](OCC)C[C@H]2C(=O)OC2(CCC2)C(=O)N(C)[C@@H](C2CCCC2)C(=O)N(C)[C@H](C(=O)N(C)C)CC(=O)N1C. The van der Waals surface area contributed by atoms with Crippen molar-refractivity contribution >= 4 is 70.9 Å². The summed E-state index contributed by atoms with van der Waals surface area (Å²) in [6.45, 7) is 7.59. The minimum atomic E-state index is -4.78. The Labute approximate surface area is 608 Å². The molecule has 4 fully saturated rings. The number of hydrogen-bond donors (Lipinski definition) is 2. The molecule has 0 radical (unpaired) electrons. The largest absolute Gasteiger partial charge is 0.496 e. The Morgan fingerprint density at radius 3 is 1.97 bits per heavy atom. The molecule has 3 heterocycles. The fourth-order valence-electron chi connectivity index (χ4n) is 14.7. The van der Waals surface area contributed by atoms with E-state index < -0.39 is 180 Å². The molecule has 2 aromatic rings. The molecular formula is C75H108F3N11O15. The molecule has 574 valence electrons. The lowest BCUT2D eigenvalue weighted by molar-refractivity contribution is -0.190. The van der Waals surface area contributed by atoms with Gasteiger partial charge in [0.05, 0.1) is 38.3 Å². The van der Waals surface area contributed by atoms with Crippen LogP contribution in [0.3, 0.4) is 0 Å². The minimum Gasteiger partial charge on any atom is -0.496 e. The zero-order chi connectivity index (χ0) is 76.8. The average Bonchev–Trinajstić information content (AvgIpc) is 1.15. The van der Waals surface area contributed by atoms with Gasteiger partial charge in [0, 0.05) is 88.9 Å². The number of amides is 11. The van der Waals surface area contributed by atoms with Crippen LogP contribution in [0.5, 0.6) is 5.75 Å².